The average molecular weight is 343 g/mol. The summed E-state index contributed by atoms with van der Waals surface area (Å²) in [7, 11) is 0. The van der Waals surface area contributed by atoms with Gasteiger partial charge < -0.3 is 10.6 Å². The zero-order valence-electron chi connectivity index (χ0n) is 12.0. The third kappa shape index (κ3) is 5.17. The molecule has 122 valence electrons. The maximum Gasteiger partial charge on any atom is 0.418 e. The molecule has 3 nitrogen and oxygen atoms in total. The molecule has 0 spiro atoms. The van der Waals surface area contributed by atoms with Crippen molar-refractivity contribution in [3.63, 3.8) is 0 Å². The molecule has 0 saturated heterocycles. The predicted octanol–water partition coefficient (Wildman–Crippen LogP) is 4.80. The van der Waals surface area contributed by atoms with Crippen molar-refractivity contribution in [2.75, 3.05) is 17.2 Å². The number of hydrogen-bond donors (Lipinski definition) is 2. The summed E-state index contributed by atoms with van der Waals surface area (Å²) in [6.45, 7) is 0.0728. The first-order chi connectivity index (χ1) is 10.9. The molecule has 0 fully saturated rings. The van der Waals surface area contributed by atoms with E-state index in [0.29, 0.717) is 5.69 Å². The summed E-state index contributed by atoms with van der Waals surface area (Å²) in [5.74, 6) is -0.286. The first-order valence-electron chi connectivity index (χ1n) is 6.82. The smallest absolute Gasteiger partial charge is 0.384 e. The molecule has 0 unspecified atom stereocenters. The van der Waals surface area contributed by atoms with Gasteiger partial charge >= 0.3 is 6.18 Å². The Hall–Kier alpha value is -2.21. The SMILES string of the molecule is O=C(CCNc1ccc(Cl)cc1C(F)(F)F)Nc1ccccc1. The summed E-state index contributed by atoms with van der Waals surface area (Å²) in [5, 5.41) is 5.29. The van der Waals surface area contributed by atoms with E-state index < -0.39 is 11.7 Å². The number of amides is 1. The fourth-order valence-electron chi connectivity index (χ4n) is 1.96. The molecule has 7 heteroatoms. The normalized spacial score (nSPS) is 11.1. The van der Waals surface area contributed by atoms with Crippen molar-refractivity contribution in [2.45, 2.75) is 12.6 Å². The molecule has 0 saturated carbocycles. The van der Waals surface area contributed by atoms with Crippen molar-refractivity contribution in [2.24, 2.45) is 0 Å². The van der Waals surface area contributed by atoms with E-state index in [1.54, 1.807) is 24.3 Å². The van der Waals surface area contributed by atoms with Crippen LogP contribution in [0.2, 0.25) is 5.02 Å². The summed E-state index contributed by atoms with van der Waals surface area (Å²) in [6.07, 6.45) is -4.48. The summed E-state index contributed by atoms with van der Waals surface area (Å²) < 4.78 is 38.8. The lowest BCUT2D eigenvalue weighted by atomic mass is 10.1. The van der Waals surface area contributed by atoms with E-state index in [1.165, 1.54) is 12.1 Å². The minimum atomic E-state index is -4.51. The Morgan fingerprint density at radius 1 is 1.09 bits per heavy atom. The van der Waals surface area contributed by atoms with Crippen molar-refractivity contribution in [3.05, 3.63) is 59.1 Å². The molecule has 0 bridgehead atoms. The van der Waals surface area contributed by atoms with Gasteiger partial charge in [0.25, 0.3) is 0 Å². The molecule has 0 heterocycles. The number of nitrogens with one attached hydrogen (secondary N) is 2. The summed E-state index contributed by atoms with van der Waals surface area (Å²) in [4.78, 5) is 11.7. The highest BCUT2D eigenvalue weighted by molar-refractivity contribution is 6.30. The van der Waals surface area contributed by atoms with Gasteiger partial charge in [-0.1, -0.05) is 29.8 Å². The molecule has 1 amide bonds. The number of carbonyl (C=O) groups is 1. The van der Waals surface area contributed by atoms with E-state index in [9.17, 15) is 18.0 Å². The Morgan fingerprint density at radius 2 is 1.78 bits per heavy atom. The molecule has 0 atom stereocenters. The van der Waals surface area contributed by atoms with Crippen LogP contribution in [0.15, 0.2) is 48.5 Å². The summed E-state index contributed by atoms with van der Waals surface area (Å²) in [6, 6.07) is 12.3. The topological polar surface area (TPSA) is 41.1 Å². The van der Waals surface area contributed by atoms with Gasteiger partial charge in [-0.15, -0.1) is 0 Å². The van der Waals surface area contributed by atoms with Crippen LogP contribution in [-0.4, -0.2) is 12.5 Å². The van der Waals surface area contributed by atoms with Crippen molar-refractivity contribution >= 4 is 28.9 Å². The number of rotatable bonds is 5. The zero-order chi connectivity index (χ0) is 16.9. The molecule has 2 N–H and O–H groups in total. The van der Waals surface area contributed by atoms with Crippen LogP contribution in [0.3, 0.4) is 0 Å². The molecule has 2 aromatic rings. The number of halogens is 4. The van der Waals surface area contributed by atoms with Gasteiger partial charge in [0.2, 0.25) is 5.91 Å². The fourth-order valence-corrected chi connectivity index (χ4v) is 2.13. The number of alkyl halides is 3. The summed E-state index contributed by atoms with van der Waals surface area (Å²) >= 11 is 5.61. The Kier molecular flexibility index (Phi) is 5.50. The van der Waals surface area contributed by atoms with Gasteiger partial charge in [-0.2, -0.15) is 13.2 Å². The molecule has 2 rings (SSSR count). The van der Waals surface area contributed by atoms with E-state index in [0.717, 1.165) is 6.07 Å². The lowest BCUT2D eigenvalue weighted by molar-refractivity contribution is -0.137. The van der Waals surface area contributed by atoms with E-state index in [-0.39, 0.29) is 29.6 Å². The van der Waals surface area contributed by atoms with E-state index in [4.69, 9.17) is 11.6 Å². The van der Waals surface area contributed by atoms with E-state index >= 15 is 0 Å². The molecule has 0 aliphatic carbocycles. The minimum absolute atomic E-state index is 0.00435. The van der Waals surface area contributed by atoms with Crippen LogP contribution in [0, 0.1) is 0 Å². The minimum Gasteiger partial charge on any atom is -0.384 e. The average Bonchev–Trinajstić information content (AvgIpc) is 2.48. The highest BCUT2D eigenvalue weighted by atomic mass is 35.5. The van der Waals surface area contributed by atoms with Crippen molar-refractivity contribution in [1.29, 1.82) is 0 Å². The van der Waals surface area contributed by atoms with Crippen LogP contribution >= 0.6 is 11.6 Å². The molecular formula is C16H14ClF3N2O. The zero-order valence-corrected chi connectivity index (χ0v) is 12.7. The predicted molar refractivity (Wildman–Crippen MR) is 84.6 cm³/mol. The molecule has 0 radical (unpaired) electrons. The second kappa shape index (κ2) is 7.37. The number of anilines is 2. The van der Waals surface area contributed by atoms with Gasteiger partial charge in [0.15, 0.2) is 0 Å². The van der Waals surface area contributed by atoms with E-state index in [2.05, 4.69) is 10.6 Å². The number of para-hydroxylation sites is 1. The van der Waals surface area contributed by atoms with Gasteiger partial charge in [-0.05, 0) is 30.3 Å². The molecule has 23 heavy (non-hydrogen) atoms. The third-order valence-electron chi connectivity index (χ3n) is 3.01. The number of hydrogen-bond acceptors (Lipinski definition) is 2. The fraction of sp³-hybridized carbons (Fsp3) is 0.188. The molecular weight excluding hydrogens is 329 g/mol. The maximum absolute atomic E-state index is 12.9. The van der Waals surface area contributed by atoms with Gasteiger partial charge in [0.1, 0.15) is 0 Å². The van der Waals surface area contributed by atoms with Crippen LogP contribution in [0.1, 0.15) is 12.0 Å². The molecule has 0 aliphatic rings. The highest BCUT2D eigenvalue weighted by Gasteiger charge is 2.33. The maximum atomic E-state index is 12.9. The quantitative estimate of drug-likeness (QED) is 0.819. The van der Waals surface area contributed by atoms with Crippen LogP contribution < -0.4 is 10.6 Å². The van der Waals surface area contributed by atoms with Crippen LogP contribution in [0.5, 0.6) is 0 Å². The van der Waals surface area contributed by atoms with Gasteiger partial charge in [-0.25, -0.2) is 0 Å². The van der Waals surface area contributed by atoms with Crippen LogP contribution in [0.25, 0.3) is 0 Å². The molecule has 0 aliphatic heterocycles. The third-order valence-corrected chi connectivity index (χ3v) is 3.25. The summed E-state index contributed by atoms with van der Waals surface area (Å²) in [5.41, 5.74) is -0.317. The lowest BCUT2D eigenvalue weighted by Crippen LogP contribution is -2.17. The number of benzene rings is 2. The van der Waals surface area contributed by atoms with Crippen LogP contribution in [0.4, 0.5) is 24.5 Å². The second-order valence-electron chi connectivity index (χ2n) is 4.78. The lowest BCUT2D eigenvalue weighted by Gasteiger charge is -2.15. The van der Waals surface area contributed by atoms with Crippen molar-refractivity contribution < 1.29 is 18.0 Å². The second-order valence-corrected chi connectivity index (χ2v) is 5.22. The Labute approximate surface area is 136 Å². The Bertz CT molecular complexity index is 675. The molecule has 0 aromatic heterocycles. The largest absolute Gasteiger partial charge is 0.418 e. The number of carbonyl (C=O) groups excluding carboxylic acids is 1. The van der Waals surface area contributed by atoms with Gasteiger partial charge in [-0.3, -0.25) is 4.79 Å². The first-order valence-corrected chi connectivity index (χ1v) is 7.19. The van der Waals surface area contributed by atoms with Gasteiger partial charge in [0.05, 0.1) is 5.56 Å². The Morgan fingerprint density at radius 3 is 2.43 bits per heavy atom. The highest BCUT2D eigenvalue weighted by Crippen LogP contribution is 2.36. The first kappa shape index (κ1) is 17.1. The van der Waals surface area contributed by atoms with E-state index in [1.807, 2.05) is 6.07 Å². The van der Waals surface area contributed by atoms with Crippen LogP contribution in [-0.2, 0) is 11.0 Å². The molecule has 2 aromatic carbocycles. The van der Waals surface area contributed by atoms with Crippen molar-refractivity contribution in [1.82, 2.24) is 0 Å². The van der Waals surface area contributed by atoms with Gasteiger partial charge in [0, 0.05) is 29.4 Å². The van der Waals surface area contributed by atoms with Crippen molar-refractivity contribution in [3.8, 4) is 0 Å². The standard InChI is InChI=1S/C16H14ClF3N2O/c17-11-6-7-14(13(10-11)16(18,19)20)21-9-8-15(23)22-12-4-2-1-3-5-12/h1-7,10,21H,8-9H2,(H,22,23). The Balaban J connectivity index is 1.93. The monoisotopic (exact) mass is 342 g/mol.